The maximum absolute atomic E-state index is 12.9. The number of carbonyl (C=O) groups excluding carboxylic acids is 5. The maximum Gasteiger partial charge on any atom is 0.419 e. The molecule has 2 aromatic rings. The van der Waals surface area contributed by atoms with E-state index >= 15 is 0 Å². The van der Waals surface area contributed by atoms with Crippen LogP contribution < -0.4 is 11.1 Å². The van der Waals surface area contributed by atoms with Gasteiger partial charge in [0.05, 0.1) is 11.9 Å². The first-order chi connectivity index (χ1) is 18.3. The van der Waals surface area contributed by atoms with Crippen LogP contribution in [0.2, 0.25) is 0 Å². The lowest BCUT2D eigenvalue weighted by Gasteiger charge is -2.44. The Balaban J connectivity index is 1.86. The Kier molecular flexibility index (Phi) is 9.46. The number of benzene rings is 1. The summed E-state index contributed by atoms with van der Waals surface area (Å²) in [5.74, 6) is -4.30. The lowest BCUT2D eigenvalue weighted by Crippen LogP contribution is -2.66. The standard InChI is InChI=1S/C25H30N2O12/c1-12-6-7-18-17(10-12)27(25(33)38-18)9-8-20(32)39-24-21(26-13(2)28)23(36-16(5)31)22(35-15(4)30)19(37-24)11-34-14(3)29/h6-7,10,19,21-24H,8-9,11H2,1-5H3,(H,26,28). The molecule has 3 rings (SSSR count). The summed E-state index contributed by atoms with van der Waals surface area (Å²) in [6, 6.07) is 3.86. The van der Waals surface area contributed by atoms with Crippen molar-refractivity contribution in [3.8, 4) is 0 Å². The number of ether oxygens (including phenoxy) is 5. The van der Waals surface area contributed by atoms with Crippen LogP contribution in [-0.4, -0.2) is 71.6 Å². The van der Waals surface area contributed by atoms with E-state index < -0.39 is 72.8 Å². The molecule has 14 nitrogen and oxygen atoms in total. The average molecular weight is 551 g/mol. The van der Waals surface area contributed by atoms with E-state index in [4.69, 9.17) is 28.1 Å². The minimum Gasteiger partial charge on any atom is -0.463 e. The molecular weight excluding hydrogens is 520 g/mol. The SMILES string of the molecule is CC(=O)NC1C(OC(=O)CCn2c(=O)oc3ccc(C)cc32)OC(COC(C)=O)C(OC(C)=O)C1OC(C)=O. The first kappa shape index (κ1) is 29.4. The van der Waals surface area contributed by atoms with Crippen molar-refractivity contribution < 1.29 is 52.1 Å². The highest BCUT2D eigenvalue weighted by Crippen LogP contribution is 2.28. The normalized spacial score (nSPS) is 22.5. The van der Waals surface area contributed by atoms with Gasteiger partial charge in [-0.2, -0.15) is 0 Å². The Bertz CT molecular complexity index is 1310. The molecule has 1 aromatic carbocycles. The molecule has 1 saturated heterocycles. The van der Waals surface area contributed by atoms with Crippen molar-refractivity contribution in [2.45, 2.75) is 78.2 Å². The number of oxazole rings is 1. The van der Waals surface area contributed by atoms with Crippen molar-refractivity contribution in [1.29, 1.82) is 0 Å². The van der Waals surface area contributed by atoms with Crippen LogP contribution in [0.1, 0.15) is 39.7 Å². The van der Waals surface area contributed by atoms with Gasteiger partial charge in [-0.15, -0.1) is 0 Å². The number of carbonyl (C=O) groups is 5. The van der Waals surface area contributed by atoms with Gasteiger partial charge < -0.3 is 33.4 Å². The number of esters is 4. The summed E-state index contributed by atoms with van der Waals surface area (Å²) in [5, 5.41) is 2.50. The average Bonchev–Trinajstić information content (AvgIpc) is 3.13. The van der Waals surface area contributed by atoms with Gasteiger partial charge in [0, 0.05) is 34.2 Å². The Morgan fingerprint density at radius 2 is 1.62 bits per heavy atom. The van der Waals surface area contributed by atoms with Gasteiger partial charge in [-0.3, -0.25) is 28.5 Å². The second-order valence-corrected chi connectivity index (χ2v) is 8.95. The van der Waals surface area contributed by atoms with Crippen molar-refractivity contribution in [3.05, 3.63) is 34.3 Å². The van der Waals surface area contributed by atoms with E-state index in [0.29, 0.717) is 11.1 Å². The topological polar surface area (TPSA) is 179 Å². The number of aromatic nitrogens is 1. The van der Waals surface area contributed by atoms with E-state index in [-0.39, 0.29) is 13.0 Å². The van der Waals surface area contributed by atoms with Crippen LogP contribution in [0.4, 0.5) is 0 Å². The number of amides is 1. The molecule has 0 bridgehead atoms. The Morgan fingerprint density at radius 1 is 0.949 bits per heavy atom. The molecule has 5 atom stereocenters. The summed E-state index contributed by atoms with van der Waals surface area (Å²) in [5.41, 5.74) is 1.74. The molecule has 1 aliphatic heterocycles. The second kappa shape index (κ2) is 12.6. The van der Waals surface area contributed by atoms with Crippen molar-refractivity contribution >= 4 is 40.9 Å². The number of fused-ring (bicyclic) bond motifs is 1. The number of aryl methyl sites for hydroxylation is 2. The number of hydrogen-bond donors (Lipinski definition) is 1. The van der Waals surface area contributed by atoms with Crippen LogP contribution >= 0.6 is 0 Å². The first-order valence-corrected chi connectivity index (χ1v) is 12.1. The number of nitrogens with one attached hydrogen (secondary N) is 1. The second-order valence-electron chi connectivity index (χ2n) is 8.95. The van der Waals surface area contributed by atoms with E-state index in [0.717, 1.165) is 26.3 Å². The molecule has 1 fully saturated rings. The predicted molar refractivity (Wildman–Crippen MR) is 130 cm³/mol. The Morgan fingerprint density at radius 3 is 2.23 bits per heavy atom. The van der Waals surface area contributed by atoms with E-state index in [9.17, 15) is 28.8 Å². The molecule has 2 heterocycles. The molecule has 1 amide bonds. The summed E-state index contributed by atoms with van der Waals surface area (Å²) in [7, 11) is 0. The quantitative estimate of drug-likeness (QED) is 0.338. The Hall–Kier alpha value is -4.20. The lowest BCUT2D eigenvalue weighted by molar-refractivity contribution is -0.271. The minimum atomic E-state index is -1.54. The highest BCUT2D eigenvalue weighted by molar-refractivity contribution is 5.75. The third kappa shape index (κ3) is 7.66. The zero-order valence-electron chi connectivity index (χ0n) is 22.1. The zero-order valence-corrected chi connectivity index (χ0v) is 22.1. The molecule has 39 heavy (non-hydrogen) atoms. The van der Waals surface area contributed by atoms with Gasteiger partial charge in [-0.05, 0) is 24.6 Å². The fourth-order valence-corrected chi connectivity index (χ4v) is 4.17. The number of hydrogen-bond acceptors (Lipinski definition) is 12. The number of nitrogens with zero attached hydrogens (tertiary/aromatic N) is 1. The summed E-state index contributed by atoms with van der Waals surface area (Å²) in [6.45, 7) is 5.83. The highest BCUT2D eigenvalue weighted by Gasteiger charge is 2.52. The van der Waals surface area contributed by atoms with Gasteiger partial charge in [0.15, 0.2) is 17.8 Å². The first-order valence-electron chi connectivity index (χ1n) is 12.1. The van der Waals surface area contributed by atoms with Crippen LogP contribution in [0.3, 0.4) is 0 Å². The van der Waals surface area contributed by atoms with Crippen LogP contribution in [0.15, 0.2) is 27.4 Å². The lowest BCUT2D eigenvalue weighted by atomic mass is 9.96. The summed E-state index contributed by atoms with van der Waals surface area (Å²) in [4.78, 5) is 72.4. The van der Waals surface area contributed by atoms with E-state index in [1.807, 2.05) is 6.92 Å². The van der Waals surface area contributed by atoms with E-state index in [1.54, 1.807) is 18.2 Å². The summed E-state index contributed by atoms with van der Waals surface area (Å²) >= 11 is 0. The van der Waals surface area contributed by atoms with Crippen molar-refractivity contribution in [2.24, 2.45) is 0 Å². The molecule has 0 saturated carbocycles. The van der Waals surface area contributed by atoms with Crippen LogP contribution in [0.5, 0.6) is 0 Å². The van der Waals surface area contributed by atoms with Crippen LogP contribution in [0.25, 0.3) is 11.1 Å². The highest BCUT2D eigenvalue weighted by atomic mass is 16.7. The summed E-state index contributed by atoms with van der Waals surface area (Å²) in [6.07, 6.45) is -5.76. The smallest absolute Gasteiger partial charge is 0.419 e. The largest absolute Gasteiger partial charge is 0.463 e. The summed E-state index contributed by atoms with van der Waals surface area (Å²) < 4.78 is 33.4. The number of rotatable bonds is 9. The Labute approximate surface area is 222 Å². The fraction of sp³-hybridized carbons (Fsp3) is 0.520. The minimum absolute atomic E-state index is 0.0913. The van der Waals surface area contributed by atoms with E-state index in [2.05, 4.69) is 5.32 Å². The van der Waals surface area contributed by atoms with Crippen molar-refractivity contribution in [2.75, 3.05) is 6.61 Å². The molecule has 0 aliphatic carbocycles. The van der Waals surface area contributed by atoms with Crippen molar-refractivity contribution in [1.82, 2.24) is 9.88 Å². The molecule has 1 N–H and O–H groups in total. The fourth-order valence-electron chi connectivity index (χ4n) is 4.17. The molecule has 0 spiro atoms. The van der Waals surface area contributed by atoms with Gasteiger partial charge >= 0.3 is 29.6 Å². The third-order valence-electron chi connectivity index (χ3n) is 5.68. The predicted octanol–water partition coefficient (Wildman–Crippen LogP) is 0.492. The van der Waals surface area contributed by atoms with Gasteiger partial charge in [-0.25, -0.2) is 4.79 Å². The van der Waals surface area contributed by atoms with E-state index in [1.165, 1.54) is 11.5 Å². The van der Waals surface area contributed by atoms with Gasteiger partial charge in [0.25, 0.3) is 0 Å². The molecular formula is C25H30N2O12. The molecule has 212 valence electrons. The molecule has 1 aromatic heterocycles. The third-order valence-corrected chi connectivity index (χ3v) is 5.68. The van der Waals surface area contributed by atoms with Crippen LogP contribution in [-0.2, 0) is 54.2 Å². The van der Waals surface area contributed by atoms with Crippen molar-refractivity contribution in [3.63, 3.8) is 0 Å². The molecule has 5 unspecified atom stereocenters. The zero-order chi connectivity index (χ0) is 28.9. The van der Waals surface area contributed by atoms with Gasteiger partial charge in [0.1, 0.15) is 18.8 Å². The molecule has 1 aliphatic rings. The molecule has 14 heteroatoms. The maximum atomic E-state index is 12.9. The monoisotopic (exact) mass is 550 g/mol. The van der Waals surface area contributed by atoms with Gasteiger partial charge in [-0.1, -0.05) is 6.07 Å². The van der Waals surface area contributed by atoms with Crippen LogP contribution in [0, 0.1) is 6.92 Å². The molecule has 0 radical (unpaired) electrons. The van der Waals surface area contributed by atoms with Gasteiger partial charge in [0.2, 0.25) is 12.2 Å².